The molecule has 1 N–H and O–H groups in total. The van der Waals surface area contributed by atoms with Gasteiger partial charge in [-0.3, -0.25) is 0 Å². The van der Waals surface area contributed by atoms with Gasteiger partial charge in [0.15, 0.2) is 0 Å². The van der Waals surface area contributed by atoms with Gasteiger partial charge >= 0.3 is 0 Å². The van der Waals surface area contributed by atoms with Crippen molar-refractivity contribution in [3.63, 3.8) is 0 Å². The van der Waals surface area contributed by atoms with E-state index in [1.54, 1.807) is 6.07 Å². The molecule has 2 atom stereocenters. The summed E-state index contributed by atoms with van der Waals surface area (Å²) in [5.74, 6) is 1.11. The van der Waals surface area contributed by atoms with Gasteiger partial charge in [0.05, 0.1) is 6.10 Å². The minimum Gasteiger partial charge on any atom is -0.393 e. The molecule has 0 aliphatic carbocycles. The molecule has 1 fully saturated rings. The molecule has 1 saturated heterocycles. The second-order valence-corrected chi connectivity index (χ2v) is 4.37. The van der Waals surface area contributed by atoms with Gasteiger partial charge < -0.3 is 10.0 Å². The SMILES string of the molecule is CC1CN(c2cc(Cl)ncn2)CCC1O. The van der Waals surface area contributed by atoms with Gasteiger partial charge in [-0.1, -0.05) is 18.5 Å². The van der Waals surface area contributed by atoms with Crippen molar-refractivity contribution in [2.75, 3.05) is 18.0 Å². The molecular weight excluding hydrogens is 214 g/mol. The second-order valence-electron chi connectivity index (χ2n) is 3.98. The standard InChI is InChI=1S/C10H14ClN3O/c1-7-5-14(3-2-8(7)15)10-4-9(11)12-6-13-10/h4,6-8,15H,2-3,5H2,1H3. The number of aromatic nitrogens is 2. The van der Waals surface area contributed by atoms with Crippen LogP contribution < -0.4 is 4.90 Å². The lowest BCUT2D eigenvalue weighted by atomic mass is 9.97. The summed E-state index contributed by atoms with van der Waals surface area (Å²) in [5.41, 5.74) is 0. The van der Waals surface area contributed by atoms with E-state index < -0.39 is 0 Å². The number of halogens is 1. The maximum Gasteiger partial charge on any atom is 0.134 e. The highest BCUT2D eigenvalue weighted by atomic mass is 35.5. The molecule has 0 radical (unpaired) electrons. The number of piperidine rings is 1. The molecule has 0 amide bonds. The molecule has 5 heteroatoms. The summed E-state index contributed by atoms with van der Waals surface area (Å²) in [6.45, 7) is 3.67. The van der Waals surface area contributed by atoms with Crippen LogP contribution in [-0.2, 0) is 0 Å². The van der Waals surface area contributed by atoms with Crippen LogP contribution in [-0.4, -0.2) is 34.3 Å². The van der Waals surface area contributed by atoms with Crippen molar-refractivity contribution in [1.82, 2.24) is 9.97 Å². The number of nitrogens with zero attached hydrogens (tertiary/aromatic N) is 3. The zero-order chi connectivity index (χ0) is 10.8. The zero-order valence-corrected chi connectivity index (χ0v) is 9.35. The van der Waals surface area contributed by atoms with Crippen molar-refractivity contribution in [1.29, 1.82) is 0 Å². The Morgan fingerprint density at radius 3 is 3.00 bits per heavy atom. The molecule has 0 aromatic carbocycles. The summed E-state index contributed by atoms with van der Waals surface area (Å²) >= 11 is 5.80. The number of anilines is 1. The van der Waals surface area contributed by atoms with E-state index in [9.17, 15) is 5.11 Å². The van der Waals surface area contributed by atoms with Crippen LogP contribution in [0.1, 0.15) is 13.3 Å². The van der Waals surface area contributed by atoms with E-state index in [0.29, 0.717) is 5.15 Å². The Kier molecular flexibility index (Phi) is 3.07. The minimum absolute atomic E-state index is 0.196. The van der Waals surface area contributed by atoms with Crippen LogP contribution in [0, 0.1) is 5.92 Å². The van der Waals surface area contributed by atoms with Gasteiger partial charge in [0.25, 0.3) is 0 Å². The normalized spacial score (nSPS) is 26.7. The molecule has 82 valence electrons. The lowest BCUT2D eigenvalue weighted by molar-refractivity contribution is 0.0969. The summed E-state index contributed by atoms with van der Waals surface area (Å²) < 4.78 is 0. The molecule has 0 bridgehead atoms. The van der Waals surface area contributed by atoms with Crippen molar-refractivity contribution in [3.8, 4) is 0 Å². The third kappa shape index (κ3) is 2.38. The highest BCUT2D eigenvalue weighted by Gasteiger charge is 2.24. The minimum atomic E-state index is -0.196. The average Bonchev–Trinajstić information content (AvgIpc) is 2.22. The van der Waals surface area contributed by atoms with Crippen LogP contribution in [0.15, 0.2) is 12.4 Å². The highest BCUT2D eigenvalue weighted by Crippen LogP contribution is 2.22. The van der Waals surface area contributed by atoms with Crippen LogP contribution in [0.3, 0.4) is 0 Å². The van der Waals surface area contributed by atoms with E-state index in [1.165, 1.54) is 6.33 Å². The van der Waals surface area contributed by atoms with E-state index in [1.807, 2.05) is 6.92 Å². The van der Waals surface area contributed by atoms with Crippen molar-refractivity contribution < 1.29 is 5.11 Å². The Hall–Kier alpha value is -0.870. The summed E-state index contributed by atoms with van der Waals surface area (Å²) in [7, 11) is 0. The van der Waals surface area contributed by atoms with Crippen molar-refractivity contribution in [2.24, 2.45) is 5.92 Å². The Morgan fingerprint density at radius 1 is 1.53 bits per heavy atom. The molecule has 0 spiro atoms. The van der Waals surface area contributed by atoms with Crippen molar-refractivity contribution in [3.05, 3.63) is 17.5 Å². The fourth-order valence-electron chi connectivity index (χ4n) is 1.84. The molecule has 2 heterocycles. The third-order valence-corrected chi connectivity index (χ3v) is 3.01. The van der Waals surface area contributed by atoms with E-state index in [4.69, 9.17) is 11.6 Å². The first kappa shape index (κ1) is 10.6. The van der Waals surface area contributed by atoms with Gasteiger partial charge in [0.1, 0.15) is 17.3 Å². The monoisotopic (exact) mass is 227 g/mol. The first-order valence-corrected chi connectivity index (χ1v) is 5.45. The third-order valence-electron chi connectivity index (χ3n) is 2.80. The molecule has 1 aliphatic rings. The Bertz CT molecular complexity index is 347. The fraction of sp³-hybridized carbons (Fsp3) is 0.600. The smallest absolute Gasteiger partial charge is 0.134 e. The Balaban J connectivity index is 2.12. The van der Waals surface area contributed by atoms with E-state index in [-0.39, 0.29) is 12.0 Å². The Labute approximate surface area is 93.9 Å². The van der Waals surface area contributed by atoms with Crippen molar-refractivity contribution >= 4 is 17.4 Å². The first-order valence-electron chi connectivity index (χ1n) is 5.07. The van der Waals surface area contributed by atoms with Gasteiger partial charge in [-0.05, 0) is 12.3 Å². The number of hydrogen-bond acceptors (Lipinski definition) is 4. The van der Waals surface area contributed by atoms with Gasteiger partial charge in [0.2, 0.25) is 0 Å². The van der Waals surface area contributed by atoms with Crippen LogP contribution in [0.4, 0.5) is 5.82 Å². The van der Waals surface area contributed by atoms with Gasteiger partial charge in [-0.25, -0.2) is 9.97 Å². The van der Waals surface area contributed by atoms with Gasteiger partial charge in [-0.2, -0.15) is 0 Å². The maximum absolute atomic E-state index is 9.61. The van der Waals surface area contributed by atoms with Gasteiger partial charge in [-0.15, -0.1) is 0 Å². The maximum atomic E-state index is 9.61. The van der Waals surface area contributed by atoms with Crippen LogP contribution in [0.25, 0.3) is 0 Å². The molecule has 2 rings (SSSR count). The lowest BCUT2D eigenvalue weighted by Crippen LogP contribution is -2.42. The molecular formula is C10H14ClN3O. The molecule has 1 aromatic rings. The second kappa shape index (κ2) is 4.33. The van der Waals surface area contributed by atoms with Crippen LogP contribution in [0.2, 0.25) is 5.15 Å². The van der Waals surface area contributed by atoms with Crippen LogP contribution >= 0.6 is 11.6 Å². The predicted molar refractivity (Wildman–Crippen MR) is 59.0 cm³/mol. The zero-order valence-electron chi connectivity index (χ0n) is 8.60. The molecule has 4 nitrogen and oxygen atoms in total. The van der Waals surface area contributed by atoms with Gasteiger partial charge in [0, 0.05) is 19.2 Å². The number of aliphatic hydroxyl groups excluding tert-OH is 1. The summed E-state index contributed by atoms with van der Waals surface area (Å²) in [6.07, 6.45) is 2.05. The summed E-state index contributed by atoms with van der Waals surface area (Å²) in [6, 6.07) is 1.76. The average molecular weight is 228 g/mol. The predicted octanol–water partition coefficient (Wildman–Crippen LogP) is 1.34. The molecule has 0 saturated carbocycles. The molecule has 15 heavy (non-hydrogen) atoms. The number of aliphatic hydroxyl groups is 1. The fourth-order valence-corrected chi connectivity index (χ4v) is 1.98. The number of hydrogen-bond donors (Lipinski definition) is 1. The highest BCUT2D eigenvalue weighted by molar-refractivity contribution is 6.29. The van der Waals surface area contributed by atoms with E-state index >= 15 is 0 Å². The lowest BCUT2D eigenvalue weighted by Gasteiger charge is -2.35. The first-order chi connectivity index (χ1) is 7.16. The summed E-state index contributed by atoms with van der Waals surface area (Å²) in [4.78, 5) is 10.1. The van der Waals surface area contributed by atoms with E-state index in [0.717, 1.165) is 25.3 Å². The van der Waals surface area contributed by atoms with Crippen molar-refractivity contribution in [2.45, 2.75) is 19.4 Å². The van der Waals surface area contributed by atoms with Crippen LogP contribution in [0.5, 0.6) is 0 Å². The Morgan fingerprint density at radius 2 is 2.33 bits per heavy atom. The van der Waals surface area contributed by atoms with E-state index in [2.05, 4.69) is 14.9 Å². The molecule has 1 aromatic heterocycles. The summed E-state index contributed by atoms with van der Waals surface area (Å²) in [5, 5.41) is 10.1. The molecule has 2 unspecified atom stereocenters. The largest absolute Gasteiger partial charge is 0.393 e. The number of rotatable bonds is 1. The molecule has 1 aliphatic heterocycles. The quantitative estimate of drug-likeness (QED) is 0.736. The topological polar surface area (TPSA) is 49.2 Å².